The Labute approximate surface area is 123 Å². The Balaban J connectivity index is 1.62. The summed E-state index contributed by atoms with van der Waals surface area (Å²) >= 11 is 5.91. The Kier molecular flexibility index (Phi) is 2.85. The Morgan fingerprint density at radius 1 is 1.35 bits per heavy atom. The third-order valence-electron chi connectivity index (χ3n) is 5.14. The van der Waals surface area contributed by atoms with Crippen molar-refractivity contribution in [1.29, 1.82) is 0 Å². The molecule has 5 rings (SSSR count). The molecule has 108 valence electrons. The minimum atomic E-state index is -0.747. The number of aromatic nitrogens is 1. The van der Waals surface area contributed by atoms with Crippen molar-refractivity contribution in [2.45, 2.75) is 24.2 Å². The molecule has 5 nitrogen and oxygen atoms in total. The maximum atomic E-state index is 6.52. The van der Waals surface area contributed by atoms with E-state index in [9.17, 15) is 0 Å². The zero-order chi connectivity index (χ0) is 13.8. The van der Waals surface area contributed by atoms with Gasteiger partial charge in [-0.1, -0.05) is 11.6 Å². The number of nitrogens with zero attached hydrogens (tertiary/aromatic N) is 2. The van der Waals surface area contributed by atoms with Crippen LogP contribution in [0.1, 0.15) is 18.5 Å². The van der Waals surface area contributed by atoms with E-state index in [1.807, 2.05) is 12.1 Å². The first-order valence-electron chi connectivity index (χ1n) is 7.27. The molecular formula is C14H20ClN5. The molecule has 6 heteroatoms. The van der Waals surface area contributed by atoms with Crippen LogP contribution in [-0.4, -0.2) is 41.6 Å². The number of rotatable bonds is 1. The van der Waals surface area contributed by atoms with Gasteiger partial charge in [-0.05, 0) is 44.0 Å². The van der Waals surface area contributed by atoms with E-state index in [4.69, 9.17) is 17.3 Å². The minimum absolute atomic E-state index is 0.0898. The molecule has 0 radical (unpaired) electrons. The fourth-order valence-electron chi connectivity index (χ4n) is 4.06. The first-order valence-corrected chi connectivity index (χ1v) is 7.65. The summed E-state index contributed by atoms with van der Waals surface area (Å²) in [6, 6.07) is 3.73. The maximum Gasteiger partial charge on any atom is 0.166 e. The Bertz CT molecular complexity index is 513. The molecule has 5 heterocycles. The van der Waals surface area contributed by atoms with Crippen LogP contribution in [0.25, 0.3) is 0 Å². The first-order chi connectivity index (χ1) is 9.60. The SMILES string of the molecule is NC1(c2ccc(Cl)cn2)NCC2(CN3CCC2CC3)N1. The lowest BCUT2D eigenvalue weighted by molar-refractivity contribution is 0.0157. The van der Waals surface area contributed by atoms with E-state index in [0.717, 1.165) is 18.8 Å². The van der Waals surface area contributed by atoms with Crippen molar-refractivity contribution in [3.8, 4) is 0 Å². The Morgan fingerprint density at radius 2 is 2.15 bits per heavy atom. The van der Waals surface area contributed by atoms with Gasteiger partial charge in [-0.15, -0.1) is 0 Å². The number of pyridine rings is 1. The highest BCUT2D eigenvalue weighted by molar-refractivity contribution is 6.30. The average molecular weight is 294 g/mol. The van der Waals surface area contributed by atoms with Crippen molar-refractivity contribution in [1.82, 2.24) is 20.5 Å². The quantitative estimate of drug-likeness (QED) is 0.702. The lowest BCUT2D eigenvalue weighted by atomic mass is 9.73. The highest BCUT2D eigenvalue weighted by Gasteiger charge is 2.54. The number of hydrogen-bond acceptors (Lipinski definition) is 5. The second kappa shape index (κ2) is 4.39. The maximum absolute atomic E-state index is 6.52. The number of halogens is 1. The van der Waals surface area contributed by atoms with Crippen LogP contribution in [-0.2, 0) is 5.79 Å². The predicted octanol–water partition coefficient (Wildman–Crippen LogP) is 0.461. The van der Waals surface area contributed by atoms with E-state index in [1.54, 1.807) is 6.20 Å². The van der Waals surface area contributed by atoms with E-state index in [2.05, 4.69) is 20.5 Å². The fourth-order valence-corrected chi connectivity index (χ4v) is 4.17. The molecule has 4 aliphatic rings. The molecule has 4 fully saturated rings. The largest absolute Gasteiger partial charge is 0.301 e. The molecule has 4 aliphatic heterocycles. The zero-order valence-corrected chi connectivity index (χ0v) is 12.2. The number of hydrogen-bond donors (Lipinski definition) is 3. The van der Waals surface area contributed by atoms with Crippen molar-refractivity contribution < 1.29 is 0 Å². The molecule has 2 unspecified atom stereocenters. The lowest BCUT2D eigenvalue weighted by Gasteiger charge is -2.52. The summed E-state index contributed by atoms with van der Waals surface area (Å²) in [4.78, 5) is 6.91. The molecule has 1 aromatic rings. The summed E-state index contributed by atoms with van der Waals surface area (Å²) in [5, 5.41) is 7.75. The average Bonchev–Trinajstić information content (AvgIpc) is 2.79. The highest BCUT2D eigenvalue weighted by Crippen LogP contribution is 2.39. The fraction of sp³-hybridized carbons (Fsp3) is 0.643. The van der Waals surface area contributed by atoms with Crippen molar-refractivity contribution in [2.75, 3.05) is 26.2 Å². The molecule has 0 saturated carbocycles. The van der Waals surface area contributed by atoms with Crippen molar-refractivity contribution in [3.05, 3.63) is 29.0 Å². The van der Waals surface area contributed by atoms with Gasteiger partial charge in [-0.25, -0.2) is 0 Å². The number of fused-ring (bicyclic) bond motifs is 2. The second-order valence-corrected chi connectivity index (χ2v) is 6.79. The third kappa shape index (κ3) is 1.89. The van der Waals surface area contributed by atoms with Gasteiger partial charge in [0.25, 0.3) is 0 Å². The standard InChI is InChI=1S/C14H20ClN5/c15-11-1-2-12(17-7-11)14(16)18-8-13(19-14)9-20-5-3-10(13)4-6-20/h1-2,7,10,18-19H,3-6,8-9,16H2. The van der Waals surface area contributed by atoms with E-state index in [1.165, 1.54) is 25.9 Å². The van der Waals surface area contributed by atoms with Crippen molar-refractivity contribution >= 4 is 11.6 Å². The second-order valence-electron chi connectivity index (χ2n) is 6.35. The number of nitrogens with one attached hydrogen (secondary N) is 2. The van der Waals surface area contributed by atoms with Crippen molar-refractivity contribution in [2.24, 2.45) is 11.7 Å². The lowest BCUT2D eigenvalue weighted by Crippen LogP contribution is -2.68. The molecule has 20 heavy (non-hydrogen) atoms. The van der Waals surface area contributed by atoms with Gasteiger partial charge >= 0.3 is 0 Å². The summed E-state index contributed by atoms with van der Waals surface area (Å²) in [6.45, 7) is 4.43. The van der Waals surface area contributed by atoms with Gasteiger partial charge in [-0.2, -0.15) is 0 Å². The van der Waals surface area contributed by atoms with Gasteiger partial charge in [0.05, 0.1) is 10.7 Å². The monoisotopic (exact) mass is 293 g/mol. The van der Waals surface area contributed by atoms with E-state index in [0.29, 0.717) is 10.9 Å². The van der Waals surface area contributed by atoms with Crippen LogP contribution in [0.4, 0.5) is 0 Å². The molecule has 2 atom stereocenters. The van der Waals surface area contributed by atoms with Crippen LogP contribution in [0.2, 0.25) is 5.02 Å². The molecule has 4 saturated heterocycles. The van der Waals surface area contributed by atoms with E-state index >= 15 is 0 Å². The highest BCUT2D eigenvalue weighted by atomic mass is 35.5. The van der Waals surface area contributed by atoms with Gasteiger partial charge in [0, 0.05) is 24.8 Å². The number of piperidine rings is 3. The Morgan fingerprint density at radius 3 is 2.75 bits per heavy atom. The van der Waals surface area contributed by atoms with Gasteiger partial charge in [0.1, 0.15) is 0 Å². The normalized spacial score (nSPS) is 43.3. The molecule has 1 spiro atoms. The van der Waals surface area contributed by atoms with Crippen LogP contribution in [0.3, 0.4) is 0 Å². The summed E-state index contributed by atoms with van der Waals surface area (Å²) in [5.41, 5.74) is 7.41. The Hall–Kier alpha value is -0.720. The zero-order valence-electron chi connectivity index (χ0n) is 11.4. The van der Waals surface area contributed by atoms with Gasteiger partial charge in [0.15, 0.2) is 5.79 Å². The van der Waals surface area contributed by atoms with Crippen molar-refractivity contribution in [3.63, 3.8) is 0 Å². The third-order valence-corrected chi connectivity index (χ3v) is 5.36. The van der Waals surface area contributed by atoms with E-state index < -0.39 is 5.79 Å². The van der Waals surface area contributed by atoms with Crippen LogP contribution in [0.5, 0.6) is 0 Å². The van der Waals surface area contributed by atoms with Crippen LogP contribution in [0, 0.1) is 5.92 Å². The molecule has 0 amide bonds. The summed E-state index contributed by atoms with van der Waals surface area (Å²) in [6.07, 6.45) is 4.17. The van der Waals surface area contributed by atoms with Crippen LogP contribution in [0.15, 0.2) is 18.3 Å². The van der Waals surface area contributed by atoms with Crippen LogP contribution >= 0.6 is 11.6 Å². The van der Waals surface area contributed by atoms with Gasteiger partial charge < -0.3 is 4.90 Å². The molecule has 0 aliphatic carbocycles. The topological polar surface area (TPSA) is 66.2 Å². The molecule has 1 aromatic heterocycles. The van der Waals surface area contributed by atoms with Gasteiger partial charge in [-0.3, -0.25) is 21.4 Å². The number of nitrogens with two attached hydrogens (primary N) is 1. The summed E-state index contributed by atoms with van der Waals surface area (Å²) in [7, 11) is 0. The van der Waals surface area contributed by atoms with Crippen LogP contribution < -0.4 is 16.4 Å². The van der Waals surface area contributed by atoms with Gasteiger partial charge in [0.2, 0.25) is 0 Å². The molecule has 4 N–H and O–H groups in total. The summed E-state index contributed by atoms with van der Waals surface area (Å²) in [5.74, 6) is -0.0406. The predicted molar refractivity (Wildman–Crippen MR) is 78.1 cm³/mol. The minimum Gasteiger partial charge on any atom is -0.301 e. The van der Waals surface area contributed by atoms with E-state index in [-0.39, 0.29) is 5.54 Å². The molecule has 2 bridgehead atoms. The summed E-state index contributed by atoms with van der Waals surface area (Å²) < 4.78 is 0. The first kappa shape index (κ1) is 13.0. The molecule has 0 aromatic carbocycles. The molecular weight excluding hydrogens is 274 g/mol. The smallest absolute Gasteiger partial charge is 0.166 e.